The normalized spacial score (nSPS) is 38.5. The zero-order valence-electron chi connectivity index (χ0n) is 11.3. The first kappa shape index (κ1) is 13.3. The Morgan fingerprint density at radius 2 is 2.06 bits per heavy atom. The number of rotatable bonds is 4. The number of nitrogens with one attached hydrogen (secondary N) is 1. The molecule has 100 valence electrons. The third kappa shape index (κ3) is 3.43. The van der Waals surface area contributed by atoms with Gasteiger partial charge < -0.3 is 14.8 Å². The van der Waals surface area contributed by atoms with E-state index >= 15 is 0 Å². The average molecular weight is 241 g/mol. The van der Waals surface area contributed by atoms with E-state index in [1.807, 2.05) is 6.92 Å². The van der Waals surface area contributed by atoms with Crippen molar-refractivity contribution in [1.82, 2.24) is 5.32 Å². The lowest BCUT2D eigenvalue weighted by atomic mass is 9.77. The Balaban J connectivity index is 1.83. The van der Waals surface area contributed by atoms with Crippen LogP contribution >= 0.6 is 0 Å². The van der Waals surface area contributed by atoms with Crippen molar-refractivity contribution in [1.29, 1.82) is 0 Å². The topological polar surface area (TPSA) is 30.5 Å². The van der Waals surface area contributed by atoms with Gasteiger partial charge in [-0.3, -0.25) is 0 Å². The Labute approximate surface area is 105 Å². The van der Waals surface area contributed by atoms with E-state index in [4.69, 9.17) is 9.47 Å². The first-order valence-corrected chi connectivity index (χ1v) is 7.24. The van der Waals surface area contributed by atoms with Crippen LogP contribution < -0.4 is 5.32 Å². The van der Waals surface area contributed by atoms with Crippen molar-refractivity contribution in [3.05, 3.63) is 0 Å². The van der Waals surface area contributed by atoms with E-state index < -0.39 is 0 Å². The molecule has 1 aliphatic heterocycles. The lowest BCUT2D eigenvalue weighted by Gasteiger charge is -2.45. The molecule has 0 aromatic heterocycles. The highest BCUT2D eigenvalue weighted by atomic mass is 16.5. The highest BCUT2D eigenvalue weighted by Crippen LogP contribution is 2.37. The molecule has 2 rings (SSSR count). The molecule has 0 bridgehead atoms. The van der Waals surface area contributed by atoms with Crippen LogP contribution in [0.5, 0.6) is 0 Å². The Hall–Kier alpha value is -0.120. The van der Waals surface area contributed by atoms with Crippen LogP contribution in [0.1, 0.15) is 46.0 Å². The van der Waals surface area contributed by atoms with E-state index in [0.29, 0.717) is 0 Å². The molecule has 1 saturated heterocycles. The van der Waals surface area contributed by atoms with E-state index in [-0.39, 0.29) is 11.7 Å². The summed E-state index contributed by atoms with van der Waals surface area (Å²) in [6.45, 7) is 7.84. The van der Waals surface area contributed by atoms with Crippen LogP contribution in [0.4, 0.5) is 0 Å². The third-order valence-corrected chi connectivity index (χ3v) is 4.34. The van der Waals surface area contributed by atoms with Crippen molar-refractivity contribution in [2.75, 3.05) is 26.3 Å². The molecule has 0 aromatic carbocycles. The SMILES string of the molecule is CCOCC1CNCC2(CCC(CC)CC2)O1. The average Bonchev–Trinajstić information content (AvgIpc) is 2.38. The summed E-state index contributed by atoms with van der Waals surface area (Å²) in [7, 11) is 0. The molecule has 1 spiro atoms. The standard InChI is InChI=1S/C14H27NO2/c1-3-12-5-7-14(8-6-12)11-15-9-13(17-14)10-16-4-2/h12-13,15H,3-11H2,1-2H3. The molecule has 0 amide bonds. The van der Waals surface area contributed by atoms with Gasteiger partial charge in [0.15, 0.2) is 0 Å². The molecule has 1 saturated carbocycles. The highest BCUT2D eigenvalue weighted by Gasteiger charge is 2.40. The summed E-state index contributed by atoms with van der Waals surface area (Å²) in [5, 5.41) is 3.53. The molecule has 1 aliphatic carbocycles. The number of ether oxygens (including phenoxy) is 2. The molecule has 1 unspecified atom stereocenters. The summed E-state index contributed by atoms with van der Waals surface area (Å²) in [6.07, 6.45) is 6.69. The largest absolute Gasteiger partial charge is 0.379 e. The van der Waals surface area contributed by atoms with Gasteiger partial charge in [-0.05, 0) is 38.5 Å². The third-order valence-electron chi connectivity index (χ3n) is 4.34. The fourth-order valence-electron chi connectivity index (χ4n) is 3.15. The van der Waals surface area contributed by atoms with Crippen molar-refractivity contribution in [2.45, 2.75) is 57.7 Å². The van der Waals surface area contributed by atoms with Crippen LogP contribution in [0.25, 0.3) is 0 Å². The summed E-state index contributed by atoms with van der Waals surface area (Å²) in [4.78, 5) is 0. The fourth-order valence-corrected chi connectivity index (χ4v) is 3.15. The van der Waals surface area contributed by atoms with E-state index in [1.165, 1.54) is 32.1 Å². The Bertz CT molecular complexity index is 224. The van der Waals surface area contributed by atoms with Gasteiger partial charge >= 0.3 is 0 Å². The molecule has 1 atom stereocenters. The summed E-state index contributed by atoms with van der Waals surface area (Å²) in [5.74, 6) is 0.927. The second-order valence-corrected chi connectivity index (χ2v) is 5.56. The molecule has 0 radical (unpaired) electrons. The molecule has 2 fully saturated rings. The fraction of sp³-hybridized carbons (Fsp3) is 1.00. The molecular weight excluding hydrogens is 214 g/mol. The summed E-state index contributed by atoms with van der Waals surface area (Å²) in [6, 6.07) is 0. The summed E-state index contributed by atoms with van der Waals surface area (Å²) in [5.41, 5.74) is 0.117. The van der Waals surface area contributed by atoms with Gasteiger partial charge in [-0.1, -0.05) is 13.3 Å². The van der Waals surface area contributed by atoms with Gasteiger partial charge in [0.2, 0.25) is 0 Å². The van der Waals surface area contributed by atoms with Crippen LogP contribution in [-0.2, 0) is 9.47 Å². The highest BCUT2D eigenvalue weighted by molar-refractivity contribution is 4.93. The van der Waals surface area contributed by atoms with Crippen molar-refractivity contribution in [3.63, 3.8) is 0 Å². The van der Waals surface area contributed by atoms with Crippen molar-refractivity contribution in [2.24, 2.45) is 5.92 Å². The van der Waals surface area contributed by atoms with E-state index in [9.17, 15) is 0 Å². The zero-order chi connectivity index (χ0) is 12.1. The van der Waals surface area contributed by atoms with Crippen LogP contribution in [0, 0.1) is 5.92 Å². The monoisotopic (exact) mass is 241 g/mol. The lowest BCUT2D eigenvalue weighted by molar-refractivity contribution is -0.156. The minimum absolute atomic E-state index is 0.117. The molecule has 1 heterocycles. The minimum atomic E-state index is 0.117. The van der Waals surface area contributed by atoms with Gasteiger partial charge in [-0.15, -0.1) is 0 Å². The van der Waals surface area contributed by atoms with Gasteiger partial charge in [-0.2, -0.15) is 0 Å². The van der Waals surface area contributed by atoms with Gasteiger partial charge in [0.05, 0.1) is 18.3 Å². The lowest BCUT2D eigenvalue weighted by Crippen LogP contribution is -2.56. The molecule has 2 aliphatic rings. The van der Waals surface area contributed by atoms with Crippen LogP contribution in [0.3, 0.4) is 0 Å². The summed E-state index contributed by atoms with van der Waals surface area (Å²) >= 11 is 0. The van der Waals surface area contributed by atoms with Crippen LogP contribution in [-0.4, -0.2) is 38.0 Å². The van der Waals surface area contributed by atoms with Crippen LogP contribution in [0.15, 0.2) is 0 Å². The number of hydrogen-bond acceptors (Lipinski definition) is 3. The van der Waals surface area contributed by atoms with Crippen molar-refractivity contribution in [3.8, 4) is 0 Å². The quantitative estimate of drug-likeness (QED) is 0.819. The smallest absolute Gasteiger partial charge is 0.0940 e. The van der Waals surface area contributed by atoms with Crippen molar-refractivity contribution >= 4 is 0 Å². The van der Waals surface area contributed by atoms with Gasteiger partial charge in [-0.25, -0.2) is 0 Å². The Morgan fingerprint density at radius 3 is 2.71 bits per heavy atom. The first-order valence-electron chi connectivity index (χ1n) is 7.24. The van der Waals surface area contributed by atoms with Gasteiger partial charge in [0.1, 0.15) is 0 Å². The minimum Gasteiger partial charge on any atom is -0.379 e. The van der Waals surface area contributed by atoms with Crippen LogP contribution in [0.2, 0.25) is 0 Å². The zero-order valence-corrected chi connectivity index (χ0v) is 11.3. The van der Waals surface area contributed by atoms with Crippen molar-refractivity contribution < 1.29 is 9.47 Å². The molecule has 3 nitrogen and oxygen atoms in total. The summed E-state index contributed by atoms with van der Waals surface area (Å²) < 4.78 is 11.8. The Kier molecular flexibility index (Phi) is 4.83. The maximum absolute atomic E-state index is 6.32. The Morgan fingerprint density at radius 1 is 1.29 bits per heavy atom. The predicted octanol–water partition coefficient (Wildman–Crippen LogP) is 2.35. The first-order chi connectivity index (χ1) is 8.28. The van der Waals surface area contributed by atoms with E-state index in [1.54, 1.807) is 0 Å². The molecular formula is C14H27NO2. The second kappa shape index (κ2) is 6.17. The molecule has 1 N–H and O–H groups in total. The maximum atomic E-state index is 6.32. The predicted molar refractivity (Wildman–Crippen MR) is 69.2 cm³/mol. The molecule has 3 heteroatoms. The molecule has 0 aromatic rings. The van der Waals surface area contributed by atoms with Gasteiger partial charge in [0, 0.05) is 19.7 Å². The van der Waals surface area contributed by atoms with E-state index in [0.717, 1.165) is 32.2 Å². The van der Waals surface area contributed by atoms with Gasteiger partial charge in [0.25, 0.3) is 0 Å². The second-order valence-electron chi connectivity index (χ2n) is 5.56. The number of morpholine rings is 1. The van der Waals surface area contributed by atoms with E-state index in [2.05, 4.69) is 12.2 Å². The number of hydrogen-bond donors (Lipinski definition) is 1. The maximum Gasteiger partial charge on any atom is 0.0940 e. The molecule has 17 heavy (non-hydrogen) atoms.